The standard InChI is InChI=1S/C27H37N7O4/c1-6-37-24(35)19-14-29-25(30-15-19)33-11-9-18(10-12-33)16-34(26(36)38-27(2,3)4)17-23-31-21-13-20(28)7-8-22(21)32(23)5/h7-8,13-15,18H,6,9-12,16-17,28H2,1-5H3. The van der Waals surface area contributed by atoms with Crippen molar-refractivity contribution in [1.29, 1.82) is 0 Å². The Morgan fingerprint density at radius 3 is 2.47 bits per heavy atom. The van der Waals surface area contributed by atoms with Crippen molar-refractivity contribution in [1.82, 2.24) is 24.4 Å². The zero-order valence-corrected chi connectivity index (χ0v) is 22.8. The van der Waals surface area contributed by atoms with Crippen molar-refractivity contribution in [2.75, 3.05) is 36.9 Å². The smallest absolute Gasteiger partial charge is 0.410 e. The first kappa shape index (κ1) is 27.2. The van der Waals surface area contributed by atoms with Gasteiger partial charge in [-0.1, -0.05) is 0 Å². The highest BCUT2D eigenvalue weighted by atomic mass is 16.6. The van der Waals surface area contributed by atoms with Crippen LogP contribution in [0.5, 0.6) is 0 Å². The predicted octanol–water partition coefficient (Wildman–Crippen LogP) is 3.78. The molecular formula is C27H37N7O4. The number of imidazole rings is 1. The number of nitrogens with two attached hydrogens (primary N) is 1. The first-order valence-corrected chi connectivity index (χ1v) is 13.0. The molecular weight excluding hydrogens is 486 g/mol. The van der Waals surface area contributed by atoms with Crippen LogP contribution >= 0.6 is 0 Å². The molecule has 204 valence electrons. The maximum atomic E-state index is 13.2. The second kappa shape index (κ2) is 11.2. The summed E-state index contributed by atoms with van der Waals surface area (Å²) in [6.07, 6.45) is 4.37. The van der Waals surface area contributed by atoms with Gasteiger partial charge in [0.25, 0.3) is 0 Å². The Balaban J connectivity index is 1.43. The Labute approximate surface area is 222 Å². The van der Waals surface area contributed by atoms with Crippen molar-refractivity contribution < 1.29 is 19.1 Å². The molecule has 0 bridgehead atoms. The molecule has 3 heterocycles. The molecule has 1 aliphatic heterocycles. The SMILES string of the molecule is CCOC(=O)c1cnc(N2CCC(CN(Cc3nc4cc(N)ccc4n3C)C(=O)OC(C)(C)C)CC2)nc1. The summed E-state index contributed by atoms with van der Waals surface area (Å²) < 4.78 is 12.7. The van der Waals surface area contributed by atoms with Crippen LogP contribution in [0.2, 0.25) is 0 Å². The number of fused-ring (bicyclic) bond motifs is 1. The summed E-state index contributed by atoms with van der Waals surface area (Å²) in [7, 11) is 1.94. The van der Waals surface area contributed by atoms with Gasteiger partial charge in [-0.2, -0.15) is 0 Å². The highest BCUT2D eigenvalue weighted by molar-refractivity contribution is 5.88. The first-order chi connectivity index (χ1) is 18.0. The average molecular weight is 524 g/mol. The number of esters is 1. The van der Waals surface area contributed by atoms with E-state index in [0.717, 1.165) is 42.8 Å². The van der Waals surface area contributed by atoms with Gasteiger partial charge in [0.15, 0.2) is 0 Å². The van der Waals surface area contributed by atoms with E-state index in [4.69, 9.17) is 20.2 Å². The number of aryl methyl sites for hydroxylation is 1. The largest absolute Gasteiger partial charge is 0.462 e. The van der Waals surface area contributed by atoms with Gasteiger partial charge in [-0.15, -0.1) is 0 Å². The number of benzene rings is 1. The lowest BCUT2D eigenvalue weighted by Crippen LogP contribution is -2.43. The topological polar surface area (TPSA) is 129 Å². The number of amides is 1. The highest BCUT2D eigenvalue weighted by Gasteiger charge is 2.29. The van der Waals surface area contributed by atoms with Gasteiger partial charge < -0.3 is 29.6 Å². The number of anilines is 2. The maximum absolute atomic E-state index is 13.2. The van der Waals surface area contributed by atoms with Crippen LogP contribution in [0.15, 0.2) is 30.6 Å². The van der Waals surface area contributed by atoms with Gasteiger partial charge >= 0.3 is 12.1 Å². The summed E-state index contributed by atoms with van der Waals surface area (Å²) in [5, 5.41) is 0. The molecule has 0 unspecified atom stereocenters. The van der Waals surface area contributed by atoms with Crippen molar-refractivity contribution in [3.8, 4) is 0 Å². The number of carbonyl (C=O) groups is 2. The summed E-state index contributed by atoms with van der Waals surface area (Å²) in [5.41, 5.74) is 8.09. The Morgan fingerprint density at radius 1 is 1.16 bits per heavy atom. The summed E-state index contributed by atoms with van der Waals surface area (Å²) >= 11 is 0. The zero-order chi connectivity index (χ0) is 27.4. The van der Waals surface area contributed by atoms with E-state index in [1.165, 1.54) is 12.4 Å². The van der Waals surface area contributed by atoms with E-state index in [1.807, 2.05) is 50.6 Å². The zero-order valence-electron chi connectivity index (χ0n) is 22.8. The number of nitrogens with zero attached hydrogens (tertiary/aromatic N) is 6. The number of piperidine rings is 1. The second-order valence-corrected chi connectivity index (χ2v) is 10.6. The third-order valence-corrected chi connectivity index (χ3v) is 6.51. The molecule has 1 saturated heterocycles. The van der Waals surface area contributed by atoms with Crippen LogP contribution in [0.25, 0.3) is 11.0 Å². The minimum atomic E-state index is -0.605. The van der Waals surface area contributed by atoms with Gasteiger partial charge in [-0.05, 0) is 64.7 Å². The van der Waals surface area contributed by atoms with E-state index >= 15 is 0 Å². The fourth-order valence-corrected chi connectivity index (χ4v) is 4.54. The van der Waals surface area contributed by atoms with E-state index in [9.17, 15) is 9.59 Å². The van der Waals surface area contributed by atoms with Gasteiger partial charge in [0.05, 0.1) is 29.7 Å². The molecule has 4 rings (SSSR count). The van der Waals surface area contributed by atoms with E-state index < -0.39 is 11.6 Å². The molecule has 0 spiro atoms. The van der Waals surface area contributed by atoms with Crippen LogP contribution in [-0.2, 0) is 23.1 Å². The Kier molecular flexibility index (Phi) is 8.03. The van der Waals surface area contributed by atoms with Gasteiger partial charge in [0.1, 0.15) is 11.4 Å². The first-order valence-electron chi connectivity index (χ1n) is 13.0. The molecule has 0 aliphatic carbocycles. The number of nitrogen functional groups attached to an aromatic ring is 1. The van der Waals surface area contributed by atoms with Gasteiger partial charge in [-0.25, -0.2) is 24.5 Å². The second-order valence-electron chi connectivity index (χ2n) is 10.6. The quantitative estimate of drug-likeness (QED) is 0.363. The van der Waals surface area contributed by atoms with Crippen LogP contribution in [0, 0.1) is 5.92 Å². The van der Waals surface area contributed by atoms with Crippen molar-refractivity contribution in [3.63, 3.8) is 0 Å². The number of hydrogen-bond acceptors (Lipinski definition) is 9. The van der Waals surface area contributed by atoms with E-state index in [0.29, 0.717) is 36.9 Å². The maximum Gasteiger partial charge on any atom is 0.410 e. The van der Waals surface area contributed by atoms with Crippen LogP contribution in [0.4, 0.5) is 16.4 Å². The molecule has 1 aliphatic rings. The van der Waals surface area contributed by atoms with E-state index in [2.05, 4.69) is 14.9 Å². The minimum Gasteiger partial charge on any atom is -0.462 e. The van der Waals surface area contributed by atoms with E-state index in [1.54, 1.807) is 11.8 Å². The summed E-state index contributed by atoms with van der Waals surface area (Å²) in [6, 6.07) is 5.63. The summed E-state index contributed by atoms with van der Waals surface area (Å²) in [4.78, 5) is 42.4. The molecule has 11 nitrogen and oxygen atoms in total. The summed E-state index contributed by atoms with van der Waals surface area (Å²) in [5.74, 6) is 1.20. The molecule has 38 heavy (non-hydrogen) atoms. The Hall–Kier alpha value is -3.89. The number of ether oxygens (including phenoxy) is 2. The molecule has 3 aromatic rings. The fraction of sp³-hybridized carbons (Fsp3) is 0.519. The number of aromatic nitrogens is 4. The monoisotopic (exact) mass is 523 g/mol. The molecule has 1 amide bonds. The molecule has 0 atom stereocenters. The van der Waals surface area contributed by atoms with Crippen molar-refractivity contribution in [2.24, 2.45) is 13.0 Å². The fourth-order valence-electron chi connectivity index (χ4n) is 4.54. The predicted molar refractivity (Wildman–Crippen MR) is 145 cm³/mol. The lowest BCUT2D eigenvalue weighted by molar-refractivity contribution is 0.0187. The van der Waals surface area contributed by atoms with Crippen LogP contribution < -0.4 is 10.6 Å². The van der Waals surface area contributed by atoms with Gasteiger partial charge in [0.2, 0.25) is 5.95 Å². The molecule has 0 saturated carbocycles. The van der Waals surface area contributed by atoms with Gasteiger partial charge in [-0.3, -0.25) is 0 Å². The Morgan fingerprint density at radius 2 is 1.84 bits per heavy atom. The number of carbonyl (C=O) groups excluding carboxylic acids is 2. The summed E-state index contributed by atoms with van der Waals surface area (Å²) in [6.45, 7) is 10.0. The van der Waals surface area contributed by atoms with Crippen LogP contribution in [0.3, 0.4) is 0 Å². The van der Waals surface area contributed by atoms with Gasteiger partial charge in [0, 0.05) is 44.8 Å². The van der Waals surface area contributed by atoms with Crippen molar-refractivity contribution >= 4 is 34.7 Å². The molecule has 1 aromatic carbocycles. The van der Waals surface area contributed by atoms with Crippen molar-refractivity contribution in [3.05, 3.63) is 42.0 Å². The highest BCUT2D eigenvalue weighted by Crippen LogP contribution is 2.25. The molecule has 2 N–H and O–H groups in total. The Bertz CT molecular complexity index is 1280. The molecule has 2 aromatic heterocycles. The van der Waals surface area contributed by atoms with Crippen LogP contribution in [-0.4, -0.2) is 68.3 Å². The third kappa shape index (κ3) is 6.51. The van der Waals surface area contributed by atoms with Crippen LogP contribution in [0.1, 0.15) is 56.7 Å². The molecule has 1 fully saturated rings. The molecule has 0 radical (unpaired) electrons. The van der Waals surface area contributed by atoms with Crippen molar-refractivity contribution in [2.45, 2.75) is 52.7 Å². The minimum absolute atomic E-state index is 0.280. The third-order valence-electron chi connectivity index (χ3n) is 6.51. The molecule has 11 heteroatoms. The van der Waals surface area contributed by atoms with E-state index in [-0.39, 0.29) is 12.0 Å². The normalized spacial score (nSPS) is 14.5. The number of hydrogen-bond donors (Lipinski definition) is 1. The lowest BCUT2D eigenvalue weighted by Gasteiger charge is -2.35. The number of rotatable bonds is 7. The lowest BCUT2D eigenvalue weighted by atomic mass is 9.96. The average Bonchev–Trinajstić information content (AvgIpc) is 3.17.